The number of hydrogen-bond donors (Lipinski definition) is 0. The molecule has 0 unspecified atom stereocenters. The summed E-state index contributed by atoms with van der Waals surface area (Å²) < 4.78 is 7.43. The molecule has 2 heterocycles. The molecule has 0 aromatic carbocycles. The molecule has 2 rings (SSSR count). The zero-order valence-corrected chi connectivity index (χ0v) is 15.0. The highest BCUT2D eigenvalue weighted by atomic mass is 35.5. The third-order valence-electron chi connectivity index (χ3n) is 3.08. The maximum Gasteiger partial charge on any atom is 0.183 e. The monoisotopic (exact) mass is 336 g/mol. The summed E-state index contributed by atoms with van der Waals surface area (Å²) in [4.78, 5) is 8.48. The fourth-order valence-electron chi connectivity index (χ4n) is 1.76. The first-order chi connectivity index (χ1) is 10.4. The van der Waals surface area contributed by atoms with E-state index in [1.165, 1.54) is 0 Å². The van der Waals surface area contributed by atoms with Crippen LogP contribution in [-0.4, -0.2) is 34.4 Å². The average Bonchev–Trinajstić information content (AvgIpc) is 2.86. The van der Waals surface area contributed by atoms with E-state index in [2.05, 4.69) is 41.3 Å². The Labute approximate surface area is 137 Å². The van der Waals surface area contributed by atoms with Gasteiger partial charge >= 0.3 is 0 Å². The maximum absolute atomic E-state index is 5.79. The number of aromatic nitrogens is 4. The number of rotatable bonds is 7. The Morgan fingerprint density at radius 1 is 1.36 bits per heavy atom. The van der Waals surface area contributed by atoms with E-state index in [0.29, 0.717) is 23.5 Å². The summed E-state index contributed by atoms with van der Waals surface area (Å²) in [7, 11) is -1.08. The zero-order valence-electron chi connectivity index (χ0n) is 13.2. The molecule has 0 radical (unpaired) electrons. The molecule has 5 nitrogen and oxygen atoms in total. The lowest BCUT2D eigenvalue weighted by atomic mass is 10.3. The van der Waals surface area contributed by atoms with Crippen molar-refractivity contribution in [1.29, 1.82) is 0 Å². The molecule has 0 aliphatic carbocycles. The smallest absolute Gasteiger partial charge is 0.183 e. The Morgan fingerprint density at radius 3 is 2.73 bits per heavy atom. The van der Waals surface area contributed by atoms with E-state index in [1.54, 1.807) is 23.0 Å². The van der Waals surface area contributed by atoms with Crippen LogP contribution >= 0.6 is 11.6 Å². The van der Waals surface area contributed by atoms with Crippen LogP contribution in [0.5, 0.6) is 0 Å². The van der Waals surface area contributed by atoms with Gasteiger partial charge in [-0.1, -0.05) is 37.8 Å². The molecule has 118 valence electrons. The van der Waals surface area contributed by atoms with Crippen molar-refractivity contribution < 1.29 is 4.74 Å². The summed E-state index contributed by atoms with van der Waals surface area (Å²) in [5.41, 5.74) is 0.813. The molecule has 0 amide bonds. The minimum Gasteiger partial charge on any atom is -0.359 e. The first kappa shape index (κ1) is 16.9. The van der Waals surface area contributed by atoms with Gasteiger partial charge in [-0.15, -0.1) is 5.10 Å². The topological polar surface area (TPSA) is 52.8 Å². The fraction of sp³-hybridized carbons (Fsp3) is 0.400. The maximum atomic E-state index is 5.79. The predicted octanol–water partition coefficient (Wildman–Crippen LogP) is 3.95. The number of halogens is 1. The van der Waals surface area contributed by atoms with E-state index < -0.39 is 8.07 Å². The van der Waals surface area contributed by atoms with Crippen molar-refractivity contribution in [2.24, 2.45) is 0 Å². The Hall–Kier alpha value is -1.50. The first-order valence-electron chi connectivity index (χ1n) is 7.16. The largest absolute Gasteiger partial charge is 0.359 e. The summed E-state index contributed by atoms with van der Waals surface area (Å²) in [6.07, 6.45) is 3.32. The Kier molecular flexibility index (Phi) is 5.50. The molecule has 0 saturated heterocycles. The van der Waals surface area contributed by atoms with Crippen LogP contribution in [0, 0.1) is 0 Å². The van der Waals surface area contributed by atoms with Crippen molar-refractivity contribution in [3.63, 3.8) is 0 Å². The van der Waals surface area contributed by atoms with Gasteiger partial charge in [0, 0.05) is 26.4 Å². The molecule has 0 spiro atoms. The fourth-order valence-corrected chi connectivity index (χ4v) is 2.63. The summed E-state index contributed by atoms with van der Waals surface area (Å²) in [5.74, 6) is 1.27. The second kappa shape index (κ2) is 7.17. The van der Waals surface area contributed by atoms with Gasteiger partial charge in [-0.3, -0.25) is 0 Å². The van der Waals surface area contributed by atoms with Crippen LogP contribution in [0.15, 0.2) is 24.9 Å². The van der Waals surface area contributed by atoms with Crippen molar-refractivity contribution >= 4 is 25.8 Å². The van der Waals surface area contributed by atoms with Crippen LogP contribution in [0.4, 0.5) is 0 Å². The van der Waals surface area contributed by atoms with Gasteiger partial charge in [0.25, 0.3) is 0 Å². The van der Waals surface area contributed by atoms with Crippen LogP contribution in [0.25, 0.3) is 17.5 Å². The molecule has 0 bridgehead atoms. The number of hydrogen-bond acceptors (Lipinski definition) is 4. The molecule has 2 aromatic rings. The van der Waals surface area contributed by atoms with Crippen molar-refractivity contribution in [2.45, 2.75) is 32.4 Å². The van der Waals surface area contributed by atoms with E-state index >= 15 is 0 Å². The lowest BCUT2D eigenvalue weighted by molar-refractivity contribution is 0.0780. The van der Waals surface area contributed by atoms with Gasteiger partial charge in [0.1, 0.15) is 11.9 Å². The molecule has 22 heavy (non-hydrogen) atoms. The summed E-state index contributed by atoms with van der Waals surface area (Å²) in [6.45, 7) is 11.9. The van der Waals surface area contributed by atoms with Gasteiger partial charge in [0.2, 0.25) is 0 Å². The van der Waals surface area contributed by atoms with Crippen LogP contribution < -0.4 is 0 Å². The van der Waals surface area contributed by atoms with Crippen molar-refractivity contribution in [3.05, 3.63) is 35.9 Å². The van der Waals surface area contributed by atoms with Crippen LogP contribution in [0.3, 0.4) is 0 Å². The van der Waals surface area contributed by atoms with Gasteiger partial charge in [-0.05, 0) is 24.3 Å². The summed E-state index contributed by atoms with van der Waals surface area (Å²) >= 11 is 5.79. The van der Waals surface area contributed by atoms with E-state index in [-0.39, 0.29) is 0 Å². The van der Waals surface area contributed by atoms with E-state index in [4.69, 9.17) is 16.3 Å². The van der Waals surface area contributed by atoms with Crippen molar-refractivity contribution in [1.82, 2.24) is 19.7 Å². The predicted molar refractivity (Wildman–Crippen MR) is 92.5 cm³/mol. The molecular weight excluding hydrogens is 316 g/mol. The van der Waals surface area contributed by atoms with Crippen molar-refractivity contribution in [3.8, 4) is 11.4 Å². The van der Waals surface area contributed by atoms with Gasteiger partial charge < -0.3 is 4.74 Å². The molecule has 2 aromatic heterocycles. The molecule has 0 aliphatic rings. The third-order valence-corrected chi connectivity index (χ3v) is 5.01. The van der Waals surface area contributed by atoms with Gasteiger partial charge in [0.15, 0.2) is 11.6 Å². The van der Waals surface area contributed by atoms with Gasteiger partial charge in [-0.2, -0.15) is 0 Å². The van der Waals surface area contributed by atoms with Crippen LogP contribution in [-0.2, 0) is 11.5 Å². The SMILES string of the molecule is C=Cc1nc(-c2ccc(Cl)nc2)nn1COCC[Si](C)(C)C. The molecule has 0 atom stereocenters. The third kappa shape index (κ3) is 4.76. The van der Waals surface area contributed by atoms with Gasteiger partial charge in [0.05, 0.1) is 0 Å². The van der Waals surface area contributed by atoms with E-state index in [0.717, 1.165) is 18.2 Å². The standard InChI is InChI=1S/C15H21ClN4OSi/c1-5-14-18-15(12-6-7-13(16)17-10-12)19-20(14)11-21-8-9-22(2,3)4/h5-7,10H,1,8-9,11H2,2-4H3. The summed E-state index contributed by atoms with van der Waals surface area (Å²) in [5, 5.41) is 4.90. The highest BCUT2D eigenvalue weighted by Gasteiger charge is 2.13. The lowest BCUT2D eigenvalue weighted by Crippen LogP contribution is -2.22. The second-order valence-corrected chi connectivity index (χ2v) is 12.2. The number of pyridine rings is 1. The Morgan fingerprint density at radius 2 is 2.14 bits per heavy atom. The van der Waals surface area contributed by atoms with E-state index in [9.17, 15) is 0 Å². The molecule has 0 saturated carbocycles. The van der Waals surface area contributed by atoms with Crippen LogP contribution in [0.2, 0.25) is 30.8 Å². The van der Waals surface area contributed by atoms with Crippen LogP contribution in [0.1, 0.15) is 5.82 Å². The Balaban J connectivity index is 2.05. The minimum absolute atomic E-state index is 0.375. The number of nitrogens with zero attached hydrogens (tertiary/aromatic N) is 4. The Bertz CT molecular complexity index is 634. The molecule has 0 aliphatic heterocycles. The van der Waals surface area contributed by atoms with E-state index in [1.807, 2.05) is 6.07 Å². The molecular formula is C15H21ClN4OSi. The quantitative estimate of drug-likeness (QED) is 0.436. The lowest BCUT2D eigenvalue weighted by Gasteiger charge is -2.15. The highest BCUT2D eigenvalue weighted by Crippen LogP contribution is 2.17. The number of ether oxygens (including phenoxy) is 1. The molecule has 7 heteroatoms. The van der Waals surface area contributed by atoms with Gasteiger partial charge in [-0.25, -0.2) is 14.6 Å². The molecule has 0 fully saturated rings. The first-order valence-corrected chi connectivity index (χ1v) is 11.2. The average molecular weight is 337 g/mol. The summed E-state index contributed by atoms with van der Waals surface area (Å²) in [6, 6.07) is 4.68. The highest BCUT2D eigenvalue weighted by molar-refractivity contribution is 6.76. The normalized spacial score (nSPS) is 11.6. The minimum atomic E-state index is -1.08. The molecule has 0 N–H and O–H groups in total. The zero-order chi connectivity index (χ0) is 16.2. The second-order valence-electron chi connectivity index (χ2n) is 6.21. The van der Waals surface area contributed by atoms with Crippen molar-refractivity contribution in [2.75, 3.05) is 6.61 Å².